The van der Waals surface area contributed by atoms with Gasteiger partial charge in [0.2, 0.25) is 5.91 Å². The van der Waals surface area contributed by atoms with Gasteiger partial charge in [-0.1, -0.05) is 6.07 Å². The highest BCUT2D eigenvalue weighted by Gasteiger charge is 2.28. The van der Waals surface area contributed by atoms with Gasteiger partial charge in [0.1, 0.15) is 6.61 Å². The van der Waals surface area contributed by atoms with E-state index < -0.39 is 5.41 Å². The molecule has 0 heterocycles. The number of carbonyl (C=O) groups is 1. The van der Waals surface area contributed by atoms with Gasteiger partial charge in [0.25, 0.3) is 0 Å². The van der Waals surface area contributed by atoms with E-state index in [-0.39, 0.29) is 12.5 Å². The van der Waals surface area contributed by atoms with Crippen LogP contribution < -0.4 is 20.7 Å². The summed E-state index contributed by atoms with van der Waals surface area (Å²) in [6, 6.07) is 5.47. The molecule has 0 aromatic heterocycles. The van der Waals surface area contributed by atoms with E-state index in [9.17, 15) is 4.79 Å². The zero-order chi connectivity index (χ0) is 13.8. The van der Waals surface area contributed by atoms with Crippen molar-refractivity contribution in [3.63, 3.8) is 0 Å². The number of amides is 1. The summed E-state index contributed by atoms with van der Waals surface area (Å²) in [5.41, 5.74) is 1.40. The van der Waals surface area contributed by atoms with Gasteiger partial charge >= 0.3 is 0 Å². The minimum absolute atomic E-state index is 0.189. The van der Waals surface area contributed by atoms with Crippen LogP contribution in [-0.4, -0.2) is 19.6 Å². The van der Waals surface area contributed by atoms with Gasteiger partial charge in [-0.25, -0.2) is 5.84 Å². The van der Waals surface area contributed by atoms with Crippen LogP contribution in [0.5, 0.6) is 11.5 Å². The highest BCUT2D eigenvalue weighted by molar-refractivity contribution is 9.10. The molecular formula is C12H17BrN2O3. The summed E-state index contributed by atoms with van der Waals surface area (Å²) in [6.07, 6.45) is 0. The average molecular weight is 317 g/mol. The van der Waals surface area contributed by atoms with Crippen LogP contribution in [0.15, 0.2) is 22.7 Å². The molecule has 100 valence electrons. The molecule has 1 aromatic rings. The Labute approximate surface area is 115 Å². The number of nitrogens with two attached hydrogens (primary N) is 1. The monoisotopic (exact) mass is 316 g/mol. The lowest BCUT2D eigenvalue weighted by Crippen LogP contribution is -2.44. The molecule has 0 aliphatic rings. The maximum Gasteiger partial charge on any atom is 0.242 e. The summed E-state index contributed by atoms with van der Waals surface area (Å²) in [5, 5.41) is 0. The molecule has 1 rings (SSSR count). The van der Waals surface area contributed by atoms with Crippen molar-refractivity contribution < 1.29 is 14.3 Å². The molecule has 0 saturated carbocycles. The lowest BCUT2D eigenvalue weighted by molar-refractivity contribution is -0.130. The van der Waals surface area contributed by atoms with Crippen LogP contribution in [0.25, 0.3) is 0 Å². The standard InChI is InChI=1S/C12H17BrN2O3/c1-12(2,11(16)15-14)7-18-10-8(13)5-4-6-9(10)17-3/h4-6H,7,14H2,1-3H3,(H,15,16). The van der Waals surface area contributed by atoms with Crippen molar-refractivity contribution in [2.75, 3.05) is 13.7 Å². The predicted molar refractivity (Wildman–Crippen MR) is 72.3 cm³/mol. The first kappa shape index (κ1) is 14.8. The first-order chi connectivity index (χ1) is 8.42. The van der Waals surface area contributed by atoms with Gasteiger partial charge in [-0.15, -0.1) is 0 Å². The molecule has 0 aliphatic heterocycles. The largest absolute Gasteiger partial charge is 0.493 e. The number of ether oxygens (including phenoxy) is 2. The number of benzene rings is 1. The summed E-state index contributed by atoms with van der Waals surface area (Å²) in [5.74, 6) is 6.01. The van der Waals surface area contributed by atoms with E-state index in [2.05, 4.69) is 21.4 Å². The average Bonchev–Trinajstić information content (AvgIpc) is 2.35. The number of nitrogens with one attached hydrogen (secondary N) is 1. The molecule has 0 unspecified atom stereocenters. The lowest BCUT2D eigenvalue weighted by atomic mass is 9.94. The molecule has 1 amide bonds. The fourth-order valence-electron chi connectivity index (χ4n) is 1.30. The molecule has 0 radical (unpaired) electrons. The van der Waals surface area contributed by atoms with Crippen LogP contribution in [-0.2, 0) is 4.79 Å². The van der Waals surface area contributed by atoms with Crippen LogP contribution in [0, 0.1) is 5.41 Å². The number of rotatable bonds is 5. The number of hydrogen-bond acceptors (Lipinski definition) is 4. The third-order valence-electron chi connectivity index (χ3n) is 2.47. The molecule has 0 fully saturated rings. The Hall–Kier alpha value is -1.27. The summed E-state index contributed by atoms with van der Waals surface area (Å²) in [6.45, 7) is 3.69. The number of methoxy groups -OCH3 is 1. The van der Waals surface area contributed by atoms with Crippen molar-refractivity contribution >= 4 is 21.8 Å². The summed E-state index contributed by atoms with van der Waals surface area (Å²) in [7, 11) is 1.56. The molecular weight excluding hydrogens is 300 g/mol. The van der Waals surface area contributed by atoms with E-state index in [0.717, 1.165) is 4.47 Å². The molecule has 0 atom stereocenters. The molecule has 1 aromatic carbocycles. The van der Waals surface area contributed by atoms with E-state index in [1.54, 1.807) is 27.0 Å². The van der Waals surface area contributed by atoms with Crippen molar-refractivity contribution in [2.24, 2.45) is 11.3 Å². The number of para-hydroxylation sites is 1. The SMILES string of the molecule is COc1cccc(Br)c1OCC(C)(C)C(=O)NN. The Morgan fingerprint density at radius 1 is 1.50 bits per heavy atom. The van der Waals surface area contributed by atoms with Crippen LogP contribution in [0.2, 0.25) is 0 Å². The van der Waals surface area contributed by atoms with Crippen molar-refractivity contribution in [3.8, 4) is 11.5 Å². The Kier molecular flexibility index (Phi) is 4.98. The maximum atomic E-state index is 11.5. The fraction of sp³-hybridized carbons (Fsp3) is 0.417. The van der Waals surface area contributed by atoms with Crippen molar-refractivity contribution in [1.29, 1.82) is 0 Å². The minimum Gasteiger partial charge on any atom is -0.493 e. The van der Waals surface area contributed by atoms with E-state index in [1.165, 1.54) is 0 Å². The van der Waals surface area contributed by atoms with Crippen LogP contribution in [0.4, 0.5) is 0 Å². The van der Waals surface area contributed by atoms with Gasteiger partial charge in [-0.3, -0.25) is 10.2 Å². The smallest absolute Gasteiger partial charge is 0.242 e. The number of hydrogen-bond donors (Lipinski definition) is 2. The van der Waals surface area contributed by atoms with Crippen LogP contribution in [0.3, 0.4) is 0 Å². The molecule has 5 nitrogen and oxygen atoms in total. The highest BCUT2D eigenvalue weighted by atomic mass is 79.9. The molecule has 18 heavy (non-hydrogen) atoms. The third kappa shape index (κ3) is 3.36. The van der Waals surface area contributed by atoms with Gasteiger partial charge < -0.3 is 9.47 Å². The van der Waals surface area contributed by atoms with E-state index >= 15 is 0 Å². The van der Waals surface area contributed by atoms with Gasteiger partial charge in [0, 0.05) is 0 Å². The van der Waals surface area contributed by atoms with Gasteiger partial charge in [-0.05, 0) is 41.9 Å². The van der Waals surface area contributed by atoms with Crippen LogP contribution in [0.1, 0.15) is 13.8 Å². The van der Waals surface area contributed by atoms with Crippen molar-refractivity contribution in [3.05, 3.63) is 22.7 Å². The van der Waals surface area contributed by atoms with Crippen LogP contribution >= 0.6 is 15.9 Å². The Bertz CT molecular complexity index is 435. The van der Waals surface area contributed by atoms with Crippen molar-refractivity contribution in [1.82, 2.24) is 5.43 Å². The summed E-state index contributed by atoms with van der Waals surface area (Å²) < 4.78 is 11.6. The molecule has 0 aliphatic carbocycles. The second-order valence-electron chi connectivity index (χ2n) is 4.42. The quantitative estimate of drug-likeness (QED) is 0.494. The second-order valence-corrected chi connectivity index (χ2v) is 5.27. The Morgan fingerprint density at radius 2 is 2.17 bits per heavy atom. The van der Waals surface area contributed by atoms with E-state index in [4.69, 9.17) is 15.3 Å². The fourth-order valence-corrected chi connectivity index (χ4v) is 1.77. The Morgan fingerprint density at radius 3 is 2.72 bits per heavy atom. The maximum absolute atomic E-state index is 11.5. The first-order valence-corrected chi connectivity index (χ1v) is 6.18. The third-order valence-corrected chi connectivity index (χ3v) is 3.10. The molecule has 3 N–H and O–H groups in total. The minimum atomic E-state index is -0.727. The van der Waals surface area contributed by atoms with Crippen molar-refractivity contribution in [2.45, 2.75) is 13.8 Å². The number of hydrazine groups is 1. The normalized spacial score (nSPS) is 10.9. The lowest BCUT2D eigenvalue weighted by Gasteiger charge is -2.23. The molecule has 6 heteroatoms. The zero-order valence-corrected chi connectivity index (χ0v) is 12.2. The van der Waals surface area contributed by atoms with Gasteiger partial charge in [0.05, 0.1) is 17.0 Å². The molecule has 0 saturated heterocycles. The first-order valence-electron chi connectivity index (χ1n) is 5.38. The zero-order valence-electron chi connectivity index (χ0n) is 10.6. The second kappa shape index (κ2) is 6.06. The summed E-state index contributed by atoms with van der Waals surface area (Å²) >= 11 is 3.38. The van der Waals surface area contributed by atoms with E-state index in [0.29, 0.717) is 11.5 Å². The highest BCUT2D eigenvalue weighted by Crippen LogP contribution is 2.35. The summed E-state index contributed by atoms with van der Waals surface area (Å²) in [4.78, 5) is 11.5. The predicted octanol–water partition coefficient (Wildman–Crippen LogP) is 1.85. The number of carbonyl (C=O) groups excluding carboxylic acids is 1. The van der Waals surface area contributed by atoms with E-state index in [1.807, 2.05) is 12.1 Å². The van der Waals surface area contributed by atoms with Gasteiger partial charge in [-0.2, -0.15) is 0 Å². The Balaban J connectivity index is 2.83. The number of halogens is 1. The molecule has 0 bridgehead atoms. The van der Waals surface area contributed by atoms with Gasteiger partial charge in [0.15, 0.2) is 11.5 Å². The topological polar surface area (TPSA) is 73.6 Å². The molecule has 0 spiro atoms.